The number of carbonyl (C=O) groups is 3. The van der Waals surface area contributed by atoms with Gasteiger partial charge in [0.05, 0.1) is 54.4 Å². The number of hydrogen-bond donors (Lipinski definition) is 4. The van der Waals surface area contributed by atoms with Gasteiger partial charge in [-0.1, -0.05) is 117 Å². The van der Waals surface area contributed by atoms with E-state index in [1.165, 1.54) is 54.4 Å². The maximum atomic E-state index is 18.9. The number of esters is 2. The lowest BCUT2D eigenvalue weighted by molar-refractivity contribution is -0.320. The van der Waals surface area contributed by atoms with E-state index in [1.807, 2.05) is 6.26 Å². The normalized spacial score (nSPS) is 54.7. The highest BCUT2D eigenvalue weighted by Gasteiger charge is 3.02. The lowest BCUT2D eigenvalue weighted by Crippen LogP contribution is -2.84. The van der Waals surface area contributed by atoms with Gasteiger partial charge in [-0.05, 0) is 244 Å². The number of fused-ring (bicyclic) bond motifs is 7. The van der Waals surface area contributed by atoms with Gasteiger partial charge >= 0.3 is 11.9 Å². The zero-order valence-electron chi connectivity index (χ0n) is 59.2. The average Bonchev–Trinajstić information content (AvgIpc) is 1.40. The molecule has 9 spiro atoms. The smallest absolute Gasteiger partial charge is 0.339 e. The second-order valence-electron chi connectivity index (χ2n) is 39.4. The number of nitrogens with zero attached hydrogens (tertiary/aromatic N) is 1. The van der Waals surface area contributed by atoms with Crippen LogP contribution in [0.4, 0.5) is 0 Å². The third-order valence-corrected chi connectivity index (χ3v) is 37.2. The van der Waals surface area contributed by atoms with Crippen molar-refractivity contribution >= 4 is 17.7 Å². The molecule has 10 saturated carbocycles. The van der Waals surface area contributed by atoms with Gasteiger partial charge in [0.25, 0.3) is 0 Å². The number of allylic oxidation sites excluding steroid dienone is 8. The number of aryl methyl sites for hydroxylation is 1. The Balaban J connectivity index is 0.750. The Labute approximate surface area is 598 Å². The van der Waals surface area contributed by atoms with Gasteiger partial charge in [-0.15, -0.1) is 0 Å². The van der Waals surface area contributed by atoms with Gasteiger partial charge in [-0.3, -0.25) is 14.9 Å². The van der Waals surface area contributed by atoms with E-state index in [-0.39, 0.29) is 95.0 Å². The fourth-order valence-corrected chi connectivity index (χ4v) is 35.1. The number of ketones is 1. The summed E-state index contributed by atoms with van der Waals surface area (Å²) in [5, 5.41) is 43.2. The quantitative estimate of drug-likeness (QED) is 0.0891. The Bertz CT molecular complexity index is 4390. The number of aliphatic hydroxyl groups is 3. The van der Waals surface area contributed by atoms with Crippen LogP contribution in [0.1, 0.15) is 158 Å². The molecule has 2 aromatic rings. The minimum absolute atomic E-state index is 0.0204. The maximum absolute atomic E-state index is 18.9. The lowest BCUT2D eigenvalue weighted by atomic mass is 9.27. The molecule has 16 aliphatic carbocycles. The molecule has 1 aromatic heterocycles. The number of ether oxygens (including phenoxy) is 4. The molecule has 0 unspecified atom stereocenters. The summed E-state index contributed by atoms with van der Waals surface area (Å²) in [6, 6.07) is 11.4. The van der Waals surface area contributed by atoms with Crippen molar-refractivity contribution in [2.45, 2.75) is 201 Å². The van der Waals surface area contributed by atoms with Crippen LogP contribution >= 0.6 is 0 Å². The molecule has 33 atom stereocenters. The SMILES string of the molecule is C[C@]12C[C@H]3C[C@@]45CC6(CCCC6)C[C@@H]4CC4=C[C@H]6[C@@]7(O[C@]48[C@H]5C(=O)OC[C@@]84[C@@H]7C(=O)[C@@H](O)[C@]5([C@@H]7C[C@H](Cc8ccccc8)CC[C@H]7C#C[C@@H]7CCc8coc(C[C@@H]([C@H]9CC[C@H]%10[C@H](C=CN%11CNC[C@@H]%10%11)C9)[C@H](O)CO)c8[C@@]71OC(=O)[C@H]1O[C@@]152)[C@H]34)[C@@H]1C=CC2=CC[C@H]3[C@@H]4CCC[C@@H]4C=C4C=C[C@H]1[C@H]2[C@]436. The molecule has 25 rings (SSSR count). The van der Waals surface area contributed by atoms with Crippen molar-refractivity contribution < 1.29 is 53.1 Å². The number of aliphatic hydroxyl groups excluding tert-OH is 3. The molecule has 102 heavy (non-hydrogen) atoms. The van der Waals surface area contributed by atoms with E-state index in [2.05, 4.69) is 114 Å². The summed E-state index contributed by atoms with van der Waals surface area (Å²) < 4.78 is 40.0. The van der Waals surface area contributed by atoms with Crippen LogP contribution in [0.3, 0.4) is 0 Å². The van der Waals surface area contributed by atoms with Crippen LogP contribution in [-0.2, 0) is 58.2 Å². The number of benzene rings is 1. The van der Waals surface area contributed by atoms with Crippen molar-refractivity contribution in [3.05, 3.63) is 131 Å². The van der Waals surface area contributed by atoms with Crippen LogP contribution in [0, 0.1) is 163 Å². The average molecular weight is 1370 g/mol. The maximum Gasteiger partial charge on any atom is 0.339 e. The molecule has 4 N–H and O–H groups in total. The Morgan fingerprint density at radius 3 is 2.64 bits per heavy atom. The number of cyclic esters (lactones) is 1. The summed E-state index contributed by atoms with van der Waals surface area (Å²) in [7, 11) is 0. The molecule has 13 heteroatoms. The summed E-state index contributed by atoms with van der Waals surface area (Å²) in [6.45, 7) is 3.86. The van der Waals surface area contributed by atoms with E-state index in [1.54, 1.807) is 0 Å². The highest BCUT2D eigenvalue weighted by Crippen LogP contribution is 2.94. The molecule has 15 fully saturated rings. The zero-order valence-corrected chi connectivity index (χ0v) is 59.2. The molecule has 0 amide bonds. The Hall–Kier alpha value is -5.33. The molecule has 7 aliphatic heterocycles. The van der Waals surface area contributed by atoms with Crippen molar-refractivity contribution in [2.75, 3.05) is 26.4 Å². The number of epoxide rings is 1. The number of rotatable bonds is 7. The van der Waals surface area contributed by atoms with Crippen molar-refractivity contribution in [3.8, 4) is 11.8 Å². The van der Waals surface area contributed by atoms with Gasteiger partial charge in [0.15, 0.2) is 17.5 Å². The monoisotopic (exact) mass is 1370 g/mol. The molecular weight excluding hydrogens is 1270 g/mol. The number of furan rings is 1. The molecule has 13 nitrogen and oxygen atoms in total. The van der Waals surface area contributed by atoms with E-state index in [0.717, 1.165) is 108 Å². The first-order chi connectivity index (χ1) is 49.7. The molecule has 23 aliphatic rings. The number of Topliss-reactive ketones (excluding diaryl/α,β-unsaturated/α-hetero) is 1. The zero-order chi connectivity index (χ0) is 67.6. The highest BCUT2D eigenvalue weighted by atomic mass is 16.7. The lowest BCUT2D eigenvalue weighted by Gasteiger charge is -2.75. The predicted octanol–water partition coefficient (Wildman–Crippen LogP) is 11.8. The van der Waals surface area contributed by atoms with Crippen LogP contribution < -0.4 is 5.32 Å². The van der Waals surface area contributed by atoms with Crippen molar-refractivity contribution in [3.63, 3.8) is 0 Å². The molecule has 13 bridgehead atoms. The standard InChI is InChI=1S/C89H100N2O11/c1-80-37-54-38-82-43-81(27-5-6-28-81)39-58(82)34-57-35-69-84-56-21-23-61-64(25-18-49(70(61)84)17-24-63(84)59-11-7-10-50(59)33-56)86(69)74-72(94)76(95)85(73(54)83(74)44-99-78(96)75(82)88(57,83)102-86)65-31-47(30-46-8-3-2-4-9-46)12-13-48(65)14-19-55-20-15-53-42-98-68(71(53)87(55,80)101-79(97)77-89(80,85)100-77)36-62(67(93)41-92)51-16-22-60-52(32-51)26-29-91-45-90-40-66(60)91/h2-4,8-9,17-18,21,23,25-26,29,33,35,42,47-48,50-52,54-55,58-67,69-70,73-77,90,92-93,95H,5-7,10-13,15-16,20,22,24,27-28,30-32,34,36-41,43-45H2,1H3/t47-,48-,50+,51-,52+,54-,55+,58-,59+,60-,61+,62-,63-,64+,65+,66-,67+,69+,70-,73+,74-,75-,76+,77+,80-,82+,83+,84+,85-,86-,87-,88-,89+/m0/s1. The third-order valence-electron chi connectivity index (χ3n) is 37.2. The Morgan fingerprint density at radius 1 is 0.863 bits per heavy atom. The Morgan fingerprint density at radius 2 is 1.75 bits per heavy atom. The van der Waals surface area contributed by atoms with E-state index in [4.69, 9.17) is 18.6 Å². The van der Waals surface area contributed by atoms with Crippen LogP contribution in [0.5, 0.6) is 0 Å². The fraction of sp³-hybridized carbons (Fsp3) is 0.697. The van der Waals surface area contributed by atoms with E-state index < -0.39 is 97.9 Å². The highest BCUT2D eigenvalue weighted by molar-refractivity contribution is 5.95. The van der Waals surface area contributed by atoms with Crippen molar-refractivity contribution in [1.82, 2.24) is 10.2 Å². The molecule has 8 heterocycles. The number of nitrogens with one attached hydrogen (secondary N) is 1. The number of carbonyl (C=O) groups excluding carboxylic acids is 3. The van der Waals surface area contributed by atoms with Crippen molar-refractivity contribution in [2.24, 2.45) is 151 Å². The molecular formula is C89H100N2O11. The van der Waals surface area contributed by atoms with Gasteiger partial charge in [0.2, 0.25) is 0 Å². The van der Waals surface area contributed by atoms with Crippen molar-refractivity contribution in [1.29, 1.82) is 0 Å². The third kappa shape index (κ3) is 6.35. The van der Waals surface area contributed by atoms with Gasteiger partial charge < -0.3 is 43.6 Å². The first-order valence-electron chi connectivity index (χ1n) is 41.3. The summed E-state index contributed by atoms with van der Waals surface area (Å²) in [6.07, 6.45) is 42.0. The van der Waals surface area contributed by atoms with Gasteiger partial charge in [0.1, 0.15) is 29.7 Å². The summed E-state index contributed by atoms with van der Waals surface area (Å²) >= 11 is 0. The van der Waals surface area contributed by atoms with Gasteiger partial charge in [-0.2, -0.15) is 0 Å². The minimum Gasteiger partial charge on any atom is -0.469 e. The van der Waals surface area contributed by atoms with Crippen LogP contribution in [0.2, 0.25) is 0 Å². The minimum atomic E-state index is -1.61. The summed E-state index contributed by atoms with van der Waals surface area (Å²) in [5.41, 5.74) is -2.80. The van der Waals surface area contributed by atoms with Crippen LogP contribution in [-0.4, -0.2) is 106 Å². The van der Waals surface area contributed by atoms with Gasteiger partial charge in [-0.25, -0.2) is 4.79 Å². The van der Waals surface area contributed by atoms with E-state index >= 15 is 19.5 Å². The van der Waals surface area contributed by atoms with Crippen LogP contribution in [0.25, 0.3) is 0 Å². The summed E-state index contributed by atoms with van der Waals surface area (Å²) in [5.74, 6) is 6.83. The topological polar surface area (TPSA) is 181 Å². The van der Waals surface area contributed by atoms with Gasteiger partial charge in [0, 0.05) is 64.5 Å². The largest absolute Gasteiger partial charge is 0.469 e. The first kappa shape index (κ1) is 60.8. The second-order valence-corrected chi connectivity index (χ2v) is 39.4. The van der Waals surface area contributed by atoms with Crippen LogP contribution in [0.15, 0.2) is 113 Å². The van der Waals surface area contributed by atoms with E-state index in [0.29, 0.717) is 73.5 Å². The van der Waals surface area contributed by atoms with E-state index in [9.17, 15) is 14.9 Å². The predicted molar refractivity (Wildman–Crippen MR) is 374 cm³/mol. The molecule has 5 saturated heterocycles. The Kier molecular flexibility index (Phi) is 11.6. The first-order valence-corrected chi connectivity index (χ1v) is 41.3. The fourth-order valence-electron chi connectivity index (χ4n) is 35.1. The molecule has 532 valence electrons. The number of hydrogen-bond acceptors (Lipinski definition) is 13. The summed E-state index contributed by atoms with van der Waals surface area (Å²) in [4.78, 5) is 55.2. The molecule has 0 radical (unpaired) electrons. The molecule has 1 aromatic carbocycles. The second kappa shape index (κ2) is 19.5.